The Bertz CT molecular complexity index is 879. The summed E-state index contributed by atoms with van der Waals surface area (Å²) in [6.07, 6.45) is 5.97. The van der Waals surface area contributed by atoms with Gasteiger partial charge in [-0.05, 0) is 18.2 Å². The molecule has 0 N–H and O–H groups in total. The number of thiazole rings is 1. The second-order valence-corrected chi connectivity index (χ2v) is 6.26. The Morgan fingerprint density at radius 1 is 1.24 bits per heavy atom. The van der Waals surface area contributed by atoms with Crippen molar-refractivity contribution >= 4 is 17.1 Å². The van der Waals surface area contributed by atoms with Gasteiger partial charge in [0.25, 0.3) is 5.92 Å². The highest BCUT2D eigenvalue weighted by atomic mass is 32.1. The zero-order chi connectivity index (χ0) is 17.9. The first-order valence-electron chi connectivity index (χ1n) is 7.30. The first-order valence-corrected chi connectivity index (χ1v) is 8.18. The van der Waals surface area contributed by atoms with Crippen LogP contribution in [-0.4, -0.2) is 20.7 Å². The molecule has 3 aromatic rings. The maximum absolute atomic E-state index is 13.2. The minimum Gasteiger partial charge on any atom is -0.454 e. The first kappa shape index (κ1) is 17.1. The predicted molar refractivity (Wildman–Crippen MR) is 88.3 cm³/mol. The van der Waals surface area contributed by atoms with Crippen molar-refractivity contribution in [1.29, 1.82) is 0 Å². The van der Waals surface area contributed by atoms with E-state index in [0.717, 1.165) is 18.3 Å². The van der Waals surface area contributed by atoms with E-state index in [1.54, 1.807) is 24.4 Å². The quantitative estimate of drug-likeness (QED) is 0.614. The molecule has 0 bridgehead atoms. The predicted octanol–water partition coefficient (Wildman–Crippen LogP) is 4.26. The van der Waals surface area contributed by atoms with Crippen LogP contribution in [0.2, 0.25) is 0 Å². The van der Waals surface area contributed by atoms with E-state index in [-0.39, 0.29) is 17.9 Å². The van der Waals surface area contributed by atoms with Gasteiger partial charge in [0, 0.05) is 30.3 Å². The van der Waals surface area contributed by atoms with Crippen LogP contribution in [0.15, 0.2) is 48.4 Å². The molecule has 0 unspecified atom stereocenters. The van der Waals surface area contributed by atoms with Gasteiger partial charge in [0.2, 0.25) is 0 Å². The summed E-state index contributed by atoms with van der Waals surface area (Å²) in [6.45, 7) is 0.775. The molecule has 0 amide bonds. The number of carbonyl (C=O) groups excluding carboxylic acids is 1. The minimum atomic E-state index is -3.02. The van der Waals surface area contributed by atoms with E-state index in [2.05, 4.69) is 15.0 Å². The molecule has 128 valence electrons. The van der Waals surface area contributed by atoms with E-state index < -0.39 is 5.92 Å². The molecule has 5 nitrogen and oxygen atoms in total. The maximum atomic E-state index is 13.2. The number of ketones is 1. The second-order valence-electron chi connectivity index (χ2n) is 5.31. The third-order valence-electron chi connectivity index (χ3n) is 3.22. The first-order chi connectivity index (χ1) is 11.9. The molecule has 3 heterocycles. The highest BCUT2D eigenvalue weighted by molar-refractivity contribution is 7.09. The van der Waals surface area contributed by atoms with Crippen LogP contribution < -0.4 is 4.74 Å². The highest BCUT2D eigenvalue weighted by Crippen LogP contribution is 2.28. The summed E-state index contributed by atoms with van der Waals surface area (Å²) in [5, 5.41) is 1.60. The Labute approximate surface area is 146 Å². The van der Waals surface area contributed by atoms with Crippen LogP contribution in [0, 0.1) is 0 Å². The van der Waals surface area contributed by atoms with E-state index in [0.29, 0.717) is 22.1 Å². The number of ether oxygens (including phenoxy) is 1. The van der Waals surface area contributed by atoms with Crippen molar-refractivity contribution in [3.8, 4) is 11.5 Å². The number of nitrogens with zero attached hydrogens (tertiary/aromatic N) is 3. The van der Waals surface area contributed by atoms with E-state index in [1.807, 2.05) is 0 Å². The van der Waals surface area contributed by atoms with Crippen LogP contribution in [0.25, 0.3) is 0 Å². The fraction of sp³-hybridized carbons (Fsp3) is 0.176. The average molecular weight is 361 g/mol. The zero-order valence-electron chi connectivity index (χ0n) is 13.1. The number of alkyl halides is 2. The Hall–Kier alpha value is -2.74. The summed E-state index contributed by atoms with van der Waals surface area (Å²) in [5.41, 5.74) is -0.00603. The van der Waals surface area contributed by atoms with E-state index in [9.17, 15) is 13.6 Å². The Morgan fingerprint density at radius 2 is 2.04 bits per heavy atom. The molecule has 0 radical (unpaired) electrons. The van der Waals surface area contributed by atoms with Gasteiger partial charge >= 0.3 is 0 Å². The molecule has 0 aliphatic carbocycles. The lowest BCUT2D eigenvalue weighted by Gasteiger charge is -2.06. The number of pyridine rings is 2. The van der Waals surface area contributed by atoms with Crippen LogP contribution in [0.5, 0.6) is 11.5 Å². The fourth-order valence-electron chi connectivity index (χ4n) is 2.00. The molecule has 25 heavy (non-hydrogen) atoms. The molecule has 0 fully saturated rings. The molecule has 0 aromatic carbocycles. The SMILES string of the molecule is CC(F)(F)c1csc(CC(=O)c2cncc(Oc3cccnc3)c2)n1. The van der Waals surface area contributed by atoms with Gasteiger partial charge in [-0.3, -0.25) is 14.8 Å². The number of hydrogen-bond donors (Lipinski definition) is 0. The molecule has 3 rings (SSSR count). The van der Waals surface area contributed by atoms with Gasteiger partial charge in [-0.2, -0.15) is 8.78 Å². The number of aromatic nitrogens is 3. The van der Waals surface area contributed by atoms with Crippen LogP contribution in [0.1, 0.15) is 28.0 Å². The van der Waals surface area contributed by atoms with Crippen molar-refractivity contribution < 1.29 is 18.3 Å². The van der Waals surface area contributed by atoms with Crippen LogP contribution in [0.3, 0.4) is 0 Å². The van der Waals surface area contributed by atoms with Gasteiger partial charge in [0.1, 0.15) is 22.2 Å². The van der Waals surface area contributed by atoms with E-state index >= 15 is 0 Å². The van der Waals surface area contributed by atoms with Crippen LogP contribution in [0.4, 0.5) is 8.78 Å². The lowest BCUT2D eigenvalue weighted by Crippen LogP contribution is -2.09. The van der Waals surface area contributed by atoms with Crippen LogP contribution in [-0.2, 0) is 12.3 Å². The largest absolute Gasteiger partial charge is 0.454 e. The maximum Gasteiger partial charge on any atom is 0.287 e. The zero-order valence-corrected chi connectivity index (χ0v) is 14.0. The van der Waals surface area contributed by atoms with Crippen molar-refractivity contribution in [2.75, 3.05) is 0 Å². The molecule has 0 atom stereocenters. The normalized spacial score (nSPS) is 11.3. The van der Waals surface area contributed by atoms with Gasteiger partial charge in [0.05, 0.1) is 18.8 Å². The fourth-order valence-corrected chi connectivity index (χ4v) is 2.88. The van der Waals surface area contributed by atoms with Crippen molar-refractivity contribution in [1.82, 2.24) is 15.0 Å². The third-order valence-corrected chi connectivity index (χ3v) is 4.07. The molecule has 0 spiro atoms. The Balaban J connectivity index is 1.72. The highest BCUT2D eigenvalue weighted by Gasteiger charge is 2.28. The molecule has 8 heteroatoms. The molecule has 3 aromatic heterocycles. The number of carbonyl (C=O) groups is 1. The molecular formula is C17H13F2N3O2S. The molecule has 0 aliphatic heterocycles. The Kier molecular flexibility index (Phi) is 4.80. The lowest BCUT2D eigenvalue weighted by atomic mass is 10.1. The second kappa shape index (κ2) is 7.02. The summed E-state index contributed by atoms with van der Waals surface area (Å²) >= 11 is 1.03. The van der Waals surface area contributed by atoms with Gasteiger partial charge in [-0.15, -0.1) is 11.3 Å². The van der Waals surface area contributed by atoms with Gasteiger partial charge < -0.3 is 4.74 Å². The smallest absolute Gasteiger partial charge is 0.287 e. The summed E-state index contributed by atoms with van der Waals surface area (Å²) in [7, 11) is 0. The number of rotatable bonds is 6. The summed E-state index contributed by atoms with van der Waals surface area (Å²) in [4.78, 5) is 24.1. The summed E-state index contributed by atoms with van der Waals surface area (Å²) in [6, 6.07) is 5.00. The van der Waals surface area contributed by atoms with Gasteiger partial charge in [0.15, 0.2) is 5.78 Å². The van der Waals surface area contributed by atoms with Crippen molar-refractivity contribution in [2.45, 2.75) is 19.3 Å². The summed E-state index contributed by atoms with van der Waals surface area (Å²) in [5.74, 6) is -2.39. The Morgan fingerprint density at radius 3 is 2.72 bits per heavy atom. The van der Waals surface area contributed by atoms with Crippen LogP contribution >= 0.6 is 11.3 Å². The number of Topliss-reactive ketones (excluding diaryl/α,β-unsaturated/α-hetero) is 1. The minimum absolute atomic E-state index is 0.0707. The molecule has 0 saturated heterocycles. The van der Waals surface area contributed by atoms with Crippen molar-refractivity contribution in [3.05, 3.63) is 64.6 Å². The lowest BCUT2D eigenvalue weighted by molar-refractivity contribution is 0.0132. The summed E-state index contributed by atoms with van der Waals surface area (Å²) < 4.78 is 32.0. The number of hydrogen-bond acceptors (Lipinski definition) is 6. The number of halogens is 2. The van der Waals surface area contributed by atoms with E-state index in [1.165, 1.54) is 24.0 Å². The topological polar surface area (TPSA) is 65.0 Å². The average Bonchev–Trinajstić information content (AvgIpc) is 3.05. The van der Waals surface area contributed by atoms with Crippen molar-refractivity contribution in [2.24, 2.45) is 0 Å². The molecule has 0 aliphatic rings. The van der Waals surface area contributed by atoms with Gasteiger partial charge in [-0.1, -0.05) is 0 Å². The molecular weight excluding hydrogens is 348 g/mol. The standard InChI is InChI=1S/C17H13F2N3O2S/c1-17(18,19)15-10-25-16(22-15)6-14(23)11-5-13(9-21-7-11)24-12-3-2-4-20-8-12/h2-5,7-10H,6H2,1H3. The van der Waals surface area contributed by atoms with E-state index in [4.69, 9.17) is 4.74 Å². The molecule has 0 saturated carbocycles. The van der Waals surface area contributed by atoms with Crippen molar-refractivity contribution in [3.63, 3.8) is 0 Å². The monoisotopic (exact) mass is 361 g/mol. The third kappa shape index (κ3) is 4.42. The van der Waals surface area contributed by atoms with Gasteiger partial charge in [-0.25, -0.2) is 4.98 Å².